The van der Waals surface area contributed by atoms with Crippen molar-refractivity contribution in [3.8, 4) is 0 Å². The van der Waals surface area contributed by atoms with Crippen molar-refractivity contribution in [3.63, 3.8) is 0 Å². The fourth-order valence-electron chi connectivity index (χ4n) is 3.90. The molecule has 1 aliphatic heterocycles. The maximum absolute atomic E-state index is 3.54. The zero-order chi connectivity index (χ0) is 17.8. The number of nitrogens with zero attached hydrogens (tertiary/aromatic N) is 3. The highest BCUT2D eigenvalue weighted by atomic mass is 32.2. The molecule has 1 saturated heterocycles. The summed E-state index contributed by atoms with van der Waals surface area (Å²) in [6.45, 7) is 10.5. The smallest absolute Gasteiger partial charge is 0.0399 e. The van der Waals surface area contributed by atoms with Crippen LogP contribution in [0.15, 0.2) is 18.2 Å². The summed E-state index contributed by atoms with van der Waals surface area (Å²) < 4.78 is 5.67. The van der Waals surface area contributed by atoms with Crippen LogP contribution in [0.25, 0.3) is 0 Å². The van der Waals surface area contributed by atoms with Crippen molar-refractivity contribution in [1.82, 2.24) is 13.9 Å². The number of aryl methyl sites for hydroxylation is 1. The third-order valence-corrected chi connectivity index (χ3v) is 6.58. The zero-order valence-electron chi connectivity index (χ0n) is 16.3. The van der Waals surface area contributed by atoms with Gasteiger partial charge in [-0.25, -0.2) is 9.03 Å². The molecule has 0 unspecified atom stereocenters. The Bertz CT molecular complexity index is 549. The van der Waals surface area contributed by atoms with Gasteiger partial charge in [-0.1, -0.05) is 12.1 Å². The minimum absolute atomic E-state index is 0.721. The van der Waals surface area contributed by atoms with Gasteiger partial charge in [0.25, 0.3) is 0 Å². The van der Waals surface area contributed by atoms with Crippen molar-refractivity contribution < 1.29 is 0 Å². The van der Waals surface area contributed by atoms with Crippen LogP contribution in [0.1, 0.15) is 30.4 Å². The third-order valence-electron chi connectivity index (χ3n) is 5.78. The fourth-order valence-corrected chi connectivity index (χ4v) is 4.46. The number of hydrogen-bond acceptors (Lipinski definition) is 5. The first-order valence-electron chi connectivity index (χ1n) is 9.66. The number of benzene rings is 1. The predicted octanol–water partition coefficient (Wildman–Crippen LogP) is 3.31. The van der Waals surface area contributed by atoms with E-state index in [4.69, 9.17) is 0 Å². The van der Waals surface area contributed by atoms with E-state index in [0.29, 0.717) is 0 Å². The van der Waals surface area contributed by atoms with Gasteiger partial charge in [0.05, 0.1) is 0 Å². The van der Waals surface area contributed by atoms with Crippen molar-refractivity contribution in [1.29, 1.82) is 0 Å². The number of hydrogen-bond donors (Lipinski definition) is 1. The Balaban J connectivity index is 1.34. The van der Waals surface area contributed by atoms with Gasteiger partial charge in [0, 0.05) is 50.0 Å². The fraction of sp³-hybridized carbons (Fsp3) is 0.700. The highest BCUT2D eigenvalue weighted by Gasteiger charge is 2.29. The lowest BCUT2D eigenvalue weighted by Crippen LogP contribution is -2.48. The van der Waals surface area contributed by atoms with Crippen LogP contribution < -0.4 is 9.62 Å². The van der Waals surface area contributed by atoms with Crippen LogP contribution in [0.3, 0.4) is 0 Å². The Labute approximate surface area is 158 Å². The highest BCUT2D eigenvalue weighted by Crippen LogP contribution is 2.32. The van der Waals surface area contributed by atoms with Crippen LogP contribution in [-0.4, -0.2) is 62.1 Å². The topological polar surface area (TPSA) is 21.8 Å². The standard InChI is InChI=1S/C20H34N4S/c1-16-6-5-7-20(17(16)2)24-12-10-23(11-13-24)9-8-18-14-19(15-18)21-25-22(3)4/h5-7,18-19,21H,8-15H2,1-4H3. The average molecular weight is 363 g/mol. The van der Waals surface area contributed by atoms with E-state index in [1.807, 2.05) is 0 Å². The Kier molecular flexibility index (Phi) is 6.67. The second-order valence-corrected chi connectivity index (χ2v) is 9.04. The van der Waals surface area contributed by atoms with Gasteiger partial charge in [0.1, 0.15) is 0 Å². The lowest BCUT2D eigenvalue weighted by Gasteiger charge is -2.40. The second kappa shape index (κ2) is 8.76. The van der Waals surface area contributed by atoms with E-state index in [0.717, 1.165) is 12.0 Å². The quantitative estimate of drug-likeness (QED) is 0.749. The summed E-state index contributed by atoms with van der Waals surface area (Å²) in [5, 5.41) is 0. The molecule has 1 N–H and O–H groups in total. The van der Waals surface area contributed by atoms with E-state index in [1.54, 1.807) is 12.1 Å². The normalized spacial score (nSPS) is 24.6. The Morgan fingerprint density at radius 2 is 1.84 bits per heavy atom. The van der Waals surface area contributed by atoms with Crippen molar-refractivity contribution in [2.75, 3.05) is 51.7 Å². The van der Waals surface area contributed by atoms with Crippen LogP contribution >= 0.6 is 12.1 Å². The molecule has 0 aromatic heterocycles. The summed E-state index contributed by atoms with van der Waals surface area (Å²) in [6, 6.07) is 7.41. The summed E-state index contributed by atoms with van der Waals surface area (Å²) >= 11 is 1.73. The number of nitrogens with one attached hydrogen (secondary N) is 1. The van der Waals surface area contributed by atoms with E-state index in [-0.39, 0.29) is 0 Å². The minimum atomic E-state index is 0.721. The molecule has 0 atom stereocenters. The Hall–Kier alpha value is -0.750. The van der Waals surface area contributed by atoms with Crippen LogP contribution in [0, 0.1) is 19.8 Å². The molecule has 140 valence electrons. The molecule has 1 aromatic rings. The van der Waals surface area contributed by atoms with Crippen LogP contribution in [0.4, 0.5) is 5.69 Å². The highest BCUT2D eigenvalue weighted by molar-refractivity contribution is 7.95. The van der Waals surface area contributed by atoms with Crippen LogP contribution in [0.2, 0.25) is 0 Å². The first-order chi connectivity index (χ1) is 12.0. The first-order valence-corrected chi connectivity index (χ1v) is 10.4. The molecule has 5 heteroatoms. The monoisotopic (exact) mass is 362 g/mol. The summed E-state index contributed by atoms with van der Waals surface area (Å²) in [4.78, 5) is 5.23. The van der Waals surface area contributed by atoms with Gasteiger partial charge in [0.2, 0.25) is 0 Å². The minimum Gasteiger partial charge on any atom is -0.369 e. The molecule has 25 heavy (non-hydrogen) atoms. The van der Waals surface area contributed by atoms with Gasteiger partial charge in [-0.3, -0.25) is 4.90 Å². The summed E-state index contributed by atoms with van der Waals surface area (Å²) in [5.74, 6) is 0.928. The summed E-state index contributed by atoms with van der Waals surface area (Å²) in [7, 11) is 4.18. The maximum Gasteiger partial charge on any atom is 0.0399 e. The van der Waals surface area contributed by atoms with Gasteiger partial charge < -0.3 is 4.90 Å². The SMILES string of the molecule is Cc1cccc(N2CCN(CCC3CC(NSN(C)C)C3)CC2)c1C. The molecule has 1 aromatic carbocycles. The summed E-state index contributed by atoms with van der Waals surface area (Å²) in [6.07, 6.45) is 4.07. The van der Waals surface area contributed by atoms with E-state index >= 15 is 0 Å². The zero-order valence-corrected chi connectivity index (χ0v) is 17.1. The third kappa shape index (κ3) is 5.13. The van der Waals surface area contributed by atoms with Gasteiger partial charge >= 0.3 is 0 Å². The average Bonchev–Trinajstić information content (AvgIpc) is 2.56. The molecule has 2 aliphatic rings. The van der Waals surface area contributed by atoms with Gasteiger partial charge in [-0.2, -0.15) is 0 Å². The first kappa shape index (κ1) is 19.0. The lowest BCUT2D eigenvalue weighted by atomic mass is 9.79. The molecule has 3 rings (SSSR count). The molecule has 0 radical (unpaired) electrons. The number of piperazine rings is 1. The van der Waals surface area contributed by atoms with Gasteiger partial charge in [-0.15, -0.1) is 0 Å². The second-order valence-electron chi connectivity index (χ2n) is 7.89. The van der Waals surface area contributed by atoms with Crippen LogP contribution in [0.5, 0.6) is 0 Å². The van der Waals surface area contributed by atoms with Crippen LogP contribution in [-0.2, 0) is 0 Å². The molecule has 2 fully saturated rings. The molecular formula is C20H34N4S. The van der Waals surface area contributed by atoms with E-state index < -0.39 is 0 Å². The molecule has 0 bridgehead atoms. The predicted molar refractivity (Wildman–Crippen MR) is 110 cm³/mol. The molecule has 1 heterocycles. The Morgan fingerprint density at radius 1 is 1.12 bits per heavy atom. The molecule has 0 spiro atoms. The lowest BCUT2D eigenvalue weighted by molar-refractivity contribution is 0.183. The summed E-state index contributed by atoms with van der Waals surface area (Å²) in [5.41, 5.74) is 4.28. The number of anilines is 1. The maximum atomic E-state index is 3.54. The van der Waals surface area contributed by atoms with E-state index in [1.165, 1.54) is 68.8 Å². The van der Waals surface area contributed by atoms with Gasteiger partial charge in [0.15, 0.2) is 0 Å². The van der Waals surface area contributed by atoms with Crippen molar-refractivity contribution >= 4 is 17.8 Å². The number of rotatable bonds is 7. The van der Waals surface area contributed by atoms with Crippen molar-refractivity contribution in [3.05, 3.63) is 29.3 Å². The largest absolute Gasteiger partial charge is 0.369 e. The molecule has 1 saturated carbocycles. The molecule has 1 aliphatic carbocycles. The van der Waals surface area contributed by atoms with E-state index in [2.05, 4.69) is 65.0 Å². The molecule has 0 amide bonds. The van der Waals surface area contributed by atoms with Crippen molar-refractivity contribution in [2.45, 2.75) is 39.2 Å². The Morgan fingerprint density at radius 3 is 2.52 bits per heavy atom. The van der Waals surface area contributed by atoms with E-state index in [9.17, 15) is 0 Å². The molecule has 4 nitrogen and oxygen atoms in total. The van der Waals surface area contributed by atoms with Crippen molar-refractivity contribution in [2.24, 2.45) is 5.92 Å². The van der Waals surface area contributed by atoms with Gasteiger partial charge in [-0.05, 0) is 76.9 Å². The molecular weight excluding hydrogens is 328 g/mol.